The lowest BCUT2D eigenvalue weighted by molar-refractivity contribution is 0.00815. The molecule has 1 aliphatic rings. The van der Waals surface area contributed by atoms with Crippen LogP contribution in [-0.4, -0.2) is 31.1 Å². The number of hydrogen-bond donors (Lipinski definition) is 1. The van der Waals surface area contributed by atoms with Crippen molar-refractivity contribution < 1.29 is 23.0 Å². The largest absolute Gasteiger partial charge is 0.394 e. The van der Waals surface area contributed by atoms with Gasteiger partial charge in [0.1, 0.15) is 0 Å². The van der Waals surface area contributed by atoms with E-state index in [-0.39, 0.29) is 6.61 Å². The van der Waals surface area contributed by atoms with Gasteiger partial charge in [0.25, 0.3) is 0 Å². The van der Waals surface area contributed by atoms with Crippen molar-refractivity contribution in [1.29, 1.82) is 0 Å². The highest BCUT2D eigenvalue weighted by Gasteiger charge is 2.12. The first-order valence-corrected chi connectivity index (χ1v) is 4.81. The first-order valence-electron chi connectivity index (χ1n) is 4.81. The highest BCUT2D eigenvalue weighted by molar-refractivity contribution is 4.64. The zero-order valence-corrected chi connectivity index (χ0v) is 8.09. The van der Waals surface area contributed by atoms with Gasteiger partial charge < -0.3 is 9.84 Å². The smallest absolute Gasteiger partial charge is 0.379 e. The average molecular weight is 214 g/mol. The van der Waals surface area contributed by atoms with Gasteiger partial charge in [0.2, 0.25) is 0 Å². The summed E-state index contributed by atoms with van der Waals surface area (Å²) in [6.45, 7) is -2.98. The minimum absolute atomic E-state index is 0.163. The summed E-state index contributed by atoms with van der Waals surface area (Å²) in [5, 5.41) is 8.47. The van der Waals surface area contributed by atoms with Gasteiger partial charge in [-0.1, -0.05) is 19.3 Å². The topological polar surface area (TPSA) is 29.5 Å². The number of ether oxygens (including phenoxy) is 1. The molecule has 14 heavy (non-hydrogen) atoms. The van der Waals surface area contributed by atoms with Crippen LogP contribution in [0.2, 0.25) is 0 Å². The summed E-state index contributed by atoms with van der Waals surface area (Å²) in [5.74, 6) is 0. The van der Waals surface area contributed by atoms with E-state index in [0.29, 0.717) is 12.7 Å². The molecule has 86 valence electrons. The van der Waals surface area contributed by atoms with Gasteiger partial charge in [-0.15, -0.1) is 0 Å². The van der Waals surface area contributed by atoms with Crippen molar-refractivity contribution >= 4 is 0 Å². The Morgan fingerprint density at radius 3 is 2.07 bits per heavy atom. The third-order valence-corrected chi connectivity index (χ3v) is 2.00. The van der Waals surface area contributed by atoms with Gasteiger partial charge in [-0.3, -0.25) is 0 Å². The second-order valence-electron chi connectivity index (χ2n) is 3.10. The normalized spacial score (nSPS) is 17.8. The van der Waals surface area contributed by atoms with E-state index in [4.69, 9.17) is 9.84 Å². The van der Waals surface area contributed by atoms with E-state index in [1.165, 1.54) is 32.1 Å². The Bertz CT molecular complexity index is 114. The quantitative estimate of drug-likeness (QED) is 0.782. The summed E-state index contributed by atoms with van der Waals surface area (Å²) in [5.41, 5.74) is 0. The highest BCUT2D eigenvalue weighted by Crippen LogP contribution is 2.19. The van der Waals surface area contributed by atoms with Gasteiger partial charge in [0.15, 0.2) is 0 Å². The number of aliphatic hydroxyl groups is 1. The molecule has 0 aromatic heterocycles. The molecule has 1 saturated carbocycles. The van der Waals surface area contributed by atoms with Gasteiger partial charge in [0, 0.05) is 0 Å². The van der Waals surface area contributed by atoms with E-state index >= 15 is 0 Å². The molecule has 0 aliphatic heterocycles. The summed E-state index contributed by atoms with van der Waals surface area (Å²) in [6.07, 6.45) is 6.80. The fourth-order valence-electron chi connectivity index (χ4n) is 1.45. The first-order chi connectivity index (χ1) is 6.66. The Morgan fingerprint density at radius 2 is 1.64 bits per heavy atom. The lowest BCUT2D eigenvalue weighted by atomic mass is 9.98. The van der Waals surface area contributed by atoms with Crippen molar-refractivity contribution in [1.82, 2.24) is 0 Å². The van der Waals surface area contributed by atoms with Crippen LogP contribution in [0, 0.1) is 0 Å². The summed E-state index contributed by atoms with van der Waals surface area (Å²) in [7, 11) is 0. The van der Waals surface area contributed by atoms with Crippen molar-refractivity contribution in [3.63, 3.8) is 0 Å². The molecular formula is C9H17F3O2. The fraction of sp³-hybridized carbons (Fsp3) is 1.00. The zero-order chi connectivity index (χ0) is 10.8. The minimum atomic E-state index is -3.67. The Hall–Kier alpha value is -0.290. The Labute approximate surface area is 82.1 Å². The molecule has 5 heteroatoms. The van der Waals surface area contributed by atoms with Crippen molar-refractivity contribution in [3.05, 3.63) is 0 Å². The first kappa shape index (κ1) is 13.7. The van der Waals surface area contributed by atoms with Crippen LogP contribution in [0.5, 0.6) is 0 Å². The van der Waals surface area contributed by atoms with Crippen LogP contribution in [-0.2, 0) is 4.74 Å². The molecule has 2 nitrogen and oxygen atoms in total. The monoisotopic (exact) mass is 214 g/mol. The molecule has 0 aromatic carbocycles. The van der Waals surface area contributed by atoms with E-state index < -0.39 is 6.68 Å². The van der Waals surface area contributed by atoms with Gasteiger partial charge in [-0.2, -0.15) is 13.2 Å². The number of aliphatic hydroxyl groups excluding tert-OH is 1. The van der Waals surface area contributed by atoms with Crippen molar-refractivity contribution in [2.45, 2.75) is 44.9 Å². The standard InChI is InChI=1S/C8H16O2.CHF3/c9-6-7-10-8-4-2-1-3-5-8;2-1(3)4/h8-9H,1-7H2;1H. The molecular weight excluding hydrogens is 197 g/mol. The lowest BCUT2D eigenvalue weighted by Crippen LogP contribution is -2.18. The molecule has 0 aromatic rings. The molecule has 1 fully saturated rings. The van der Waals surface area contributed by atoms with Crippen LogP contribution < -0.4 is 0 Å². The molecule has 0 bridgehead atoms. The lowest BCUT2D eigenvalue weighted by Gasteiger charge is -2.21. The van der Waals surface area contributed by atoms with E-state index in [9.17, 15) is 13.2 Å². The Kier molecular flexibility index (Phi) is 9.08. The molecule has 0 heterocycles. The fourth-order valence-corrected chi connectivity index (χ4v) is 1.45. The zero-order valence-electron chi connectivity index (χ0n) is 8.09. The van der Waals surface area contributed by atoms with Crippen LogP contribution in [0.4, 0.5) is 13.2 Å². The predicted octanol–water partition coefficient (Wildman–Crippen LogP) is 2.51. The maximum atomic E-state index is 9.67. The number of halogens is 3. The van der Waals surface area contributed by atoms with Gasteiger partial charge in [-0.25, -0.2) is 0 Å². The van der Waals surface area contributed by atoms with E-state index in [1.807, 2.05) is 0 Å². The summed E-state index contributed by atoms with van der Waals surface area (Å²) >= 11 is 0. The molecule has 1 aliphatic carbocycles. The Morgan fingerprint density at radius 1 is 1.14 bits per heavy atom. The molecule has 0 radical (unpaired) electrons. The van der Waals surface area contributed by atoms with Crippen molar-refractivity contribution in [3.8, 4) is 0 Å². The number of hydrogen-bond acceptors (Lipinski definition) is 2. The Balaban J connectivity index is 0.000000364. The number of alkyl halides is 3. The molecule has 0 spiro atoms. The summed E-state index contributed by atoms with van der Waals surface area (Å²) in [4.78, 5) is 0. The molecule has 0 saturated heterocycles. The van der Waals surface area contributed by atoms with Crippen LogP contribution in [0.15, 0.2) is 0 Å². The van der Waals surface area contributed by atoms with Crippen LogP contribution in [0.3, 0.4) is 0 Å². The van der Waals surface area contributed by atoms with Crippen LogP contribution in [0.25, 0.3) is 0 Å². The van der Waals surface area contributed by atoms with E-state index in [1.54, 1.807) is 0 Å². The summed E-state index contributed by atoms with van der Waals surface area (Å²) < 4.78 is 34.4. The second-order valence-corrected chi connectivity index (χ2v) is 3.10. The predicted molar refractivity (Wildman–Crippen MR) is 47.0 cm³/mol. The average Bonchev–Trinajstić information content (AvgIpc) is 2.15. The molecule has 1 rings (SSSR count). The second kappa shape index (κ2) is 9.27. The SMILES string of the molecule is FC(F)F.OCCOC1CCCCC1. The molecule has 0 unspecified atom stereocenters. The molecule has 1 N–H and O–H groups in total. The van der Waals surface area contributed by atoms with E-state index in [2.05, 4.69) is 0 Å². The van der Waals surface area contributed by atoms with Gasteiger partial charge >= 0.3 is 6.68 Å². The number of rotatable bonds is 3. The van der Waals surface area contributed by atoms with Crippen LogP contribution >= 0.6 is 0 Å². The maximum absolute atomic E-state index is 9.67. The van der Waals surface area contributed by atoms with Gasteiger partial charge in [0.05, 0.1) is 19.3 Å². The van der Waals surface area contributed by atoms with Crippen molar-refractivity contribution in [2.24, 2.45) is 0 Å². The molecule has 0 amide bonds. The third kappa shape index (κ3) is 9.80. The van der Waals surface area contributed by atoms with E-state index in [0.717, 1.165) is 0 Å². The van der Waals surface area contributed by atoms with Crippen LogP contribution in [0.1, 0.15) is 32.1 Å². The van der Waals surface area contributed by atoms with Crippen molar-refractivity contribution in [2.75, 3.05) is 13.2 Å². The maximum Gasteiger partial charge on any atom is 0.379 e. The highest BCUT2D eigenvalue weighted by atomic mass is 19.4. The minimum Gasteiger partial charge on any atom is -0.394 e. The van der Waals surface area contributed by atoms with Gasteiger partial charge in [-0.05, 0) is 12.8 Å². The third-order valence-electron chi connectivity index (χ3n) is 2.00. The molecule has 0 atom stereocenters. The summed E-state index contributed by atoms with van der Waals surface area (Å²) in [6, 6.07) is 0.